The largest absolute Gasteiger partial charge is 0.497 e. The van der Waals surface area contributed by atoms with Crippen LogP contribution in [0.1, 0.15) is 0 Å². The summed E-state index contributed by atoms with van der Waals surface area (Å²) in [6.45, 7) is 0. The molecule has 2 aromatic carbocycles. The van der Waals surface area contributed by atoms with Crippen molar-refractivity contribution < 1.29 is 26.3 Å². The van der Waals surface area contributed by atoms with E-state index in [0.29, 0.717) is 21.9 Å². The van der Waals surface area contributed by atoms with Gasteiger partial charge in [0.1, 0.15) is 17.1 Å². The molecule has 3 aromatic rings. The van der Waals surface area contributed by atoms with Crippen LogP contribution in [-0.2, 0) is 10.4 Å². The first kappa shape index (κ1) is 14.4. The van der Waals surface area contributed by atoms with E-state index in [0.717, 1.165) is 0 Å². The Morgan fingerprint density at radius 3 is 2.36 bits per heavy atom. The first-order valence-electron chi connectivity index (χ1n) is 6.09. The van der Waals surface area contributed by atoms with Crippen LogP contribution in [0.2, 0.25) is 0 Å². The van der Waals surface area contributed by atoms with Crippen molar-refractivity contribution in [2.24, 2.45) is 0 Å². The number of hydrogen-bond donors (Lipinski definition) is 1. The summed E-state index contributed by atoms with van der Waals surface area (Å²) in [4.78, 5) is 12.0. The van der Waals surface area contributed by atoms with Crippen molar-refractivity contribution >= 4 is 32.1 Å². The van der Waals surface area contributed by atoms with E-state index in [4.69, 9.17) is 13.7 Å². The maximum absolute atomic E-state index is 12.0. The van der Waals surface area contributed by atoms with E-state index in [2.05, 4.69) is 4.18 Å². The minimum atomic E-state index is -4.64. The quantitative estimate of drug-likeness (QED) is 0.447. The van der Waals surface area contributed by atoms with Crippen LogP contribution in [0.3, 0.4) is 0 Å². The smallest absolute Gasteiger partial charge is 0.446 e. The zero-order valence-electron chi connectivity index (χ0n) is 11.3. The molecule has 0 fully saturated rings. The van der Waals surface area contributed by atoms with Crippen molar-refractivity contribution in [1.82, 2.24) is 0 Å². The monoisotopic (exact) mass is 322 g/mol. The Morgan fingerprint density at radius 2 is 1.68 bits per heavy atom. The molecule has 1 aromatic heterocycles. The van der Waals surface area contributed by atoms with E-state index in [1.54, 1.807) is 18.2 Å². The van der Waals surface area contributed by atoms with Gasteiger partial charge in [-0.15, -0.1) is 0 Å². The molecule has 0 aliphatic carbocycles. The highest BCUT2D eigenvalue weighted by molar-refractivity contribution is 7.81. The molecule has 0 amide bonds. The van der Waals surface area contributed by atoms with Gasteiger partial charge in [-0.25, -0.2) is 4.79 Å². The highest BCUT2D eigenvalue weighted by Crippen LogP contribution is 2.28. The lowest BCUT2D eigenvalue weighted by Gasteiger charge is -2.06. The number of hydrogen-bond acceptors (Lipinski definition) is 6. The van der Waals surface area contributed by atoms with Crippen LogP contribution < -0.4 is 14.5 Å². The SMILES string of the molecule is COc1ccc2c(c1)c(=O)oc1cc(OS(=O)(=O)O)ccc12. The predicted molar refractivity (Wildman–Crippen MR) is 78.7 cm³/mol. The molecule has 0 aliphatic rings. The van der Waals surface area contributed by atoms with Crippen molar-refractivity contribution in [2.75, 3.05) is 7.11 Å². The first-order chi connectivity index (χ1) is 10.4. The van der Waals surface area contributed by atoms with Gasteiger partial charge in [-0.1, -0.05) is 0 Å². The van der Waals surface area contributed by atoms with Crippen LogP contribution in [-0.4, -0.2) is 20.1 Å². The Labute approximate surface area is 124 Å². The first-order valence-corrected chi connectivity index (χ1v) is 7.45. The third kappa shape index (κ3) is 2.61. The van der Waals surface area contributed by atoms with Gasteiger partial charge < -0.3 is 13.3 Å². The third-order valence-corrected chi connectivity index (χ3v) is 3.50. The van der Waals surface area contributed by atoms with Crippen molar-refractivity contribution in [3.8, 4) is 11.5 Å². The molecule has 0 bridgehead atoms. The zero-order chi connectivity index (χ0) is 15.9. The van der Waals surface area contributed by atoms with Gasteiger partial charge in [-0.2, -0.15) is 8.42 Å². The lowest BCUT2D eigenvalue weighted by atomic mass is 10.1. The number of benzene rings is 2. The van der Waals surface area contributed by atoms with Crippen LogP contribution in [0.4, 0.5) is 0 Å². The molecule has 0 unspecified atom stereocenters. The summed E-state index contributed by atoms with van der Waals surface area (Å²) >= 11 is 0. The average molecular weight is 322 g/mol. The Morgan fingerprint density at radius 1 is 1.00 bits per heavy atom. The second-order valence-corrected chi connectivity index (χ2v) is 5.49. The van der Waals surface area contributed by atoms with Gasteiger partial charge in [-0.05, 0) is 30.3 Å². The highest BCUT2D eigenvalue weighted by atomic mass is 32.3. The summed E-state index contributed by atoms with van der Waals surface area (Å²) in [5, 5.41) is 1.57. The van der Waals surface area contributed by atoms with Crippen LogP contribution in [0.25, 0.3) is 21.7 Å². The van der Waals surface area contributed by atoms with Crippen LogP contribution in [0.15, 0.2) is 45.6 Å². The maximum atomic E-state index is 12.0. The molecule has 0 radical (unpaired) electrons. The molecule has 1 heterocycles. The van der Waals surface area contributed by atoms with Crippen LogP contribution >= 0.6 is 0 Å². The van der Waals surface area contributed by atoms with Gasteiger partial charge in [0.05, 0.1) is 12.5 Å². The molecule has 114 valence electrons. The van der Waals surface area contributed by atoms with Gasteiger partial charge in [0.25, 0.3) is 0 Å². The minimum absolute atomic E-state index is 0.142. The Bertz CT molecular complexity index is 1030. The Kier molecular flexibility index (Phi) is 3.27. The molecule has 0 aliphatic heterocycles. The zero-order valence-corrected chi connectivity index (χ0v) is 12.1. The summed E-state index contributed by atoms with van der Waals surface area (Å²) < 4.78 is 44.7. The normalized spacial score (nSPS) is 11.7. The van der Waals surface area contributed by atoms with E-state index in [1.807, 2.05) is 0 Å². The Balaban J connectivity index is 2.28. The van der Waals surface area contributed by atoms with Gasteiger partial charge in [0, 0.05) is 16.8 Å². The molecular formula is C14H10O7S. The van der Waals surface area contributed by atoms with Crippen molar-refractivity contribution in [1.29, 1.82) is 0 Å². The summed E-state index contributed by atoms with van der Waals surface area (Å²) in [5.41, 5.74) is -0.450. The number of rotatable bonds is 3. The van der Waals surface area contributed by atoms with E-state index >= 15 is 0 Å². The maximum Gasteiger partial charge on any atom is 0.446 e. The fourth-order valence-electron chi connectivity index (χ4n) is 2.19. The predicted octanol–water partition coefficient (Wildman–Crippen LogP) is 2.14. The van der Waals surface area contributed by atoms with Crippen molar-refractivity contribution in [3.63, 3.8) is 0 Å². The molecule has 0 spiro atoms. The summed E-state index contributed by atoms with van der Waals surface area (Å²) in [6.07, 6.45) is 0. The van der Waals surface area contributed by atoms with E-state index in [9.17, 15) is 13.2 Å². The topological polar surface area (TPSA) is 103 Å². The number of ether oxygens (including phenoxy) is 1. The molecule has 22 heavy (non-hydrogen) atoms. The van der Waals surface area contributed by atoms with Crippen molar-refractivity contribution in [3.05, 3.63) is 46.8 Å². The second kappa shape index (κ2) is 5.00. The summed E-state index contributed by atoms with van der Waals surface area (Å²) in [6, 6.07) is 9.06. The Hall–Kier alpha value is -2.58. The molecule has 1 N–H and O–H groups in total. The van der Waals surface area contributed by atoms with Crippen molar-refractivity contribution in [2.45, 2.75) is 0 Å². The fourth-order valence-corrected chi connectivity index (χ4v) is 2.54. The fraction of sp³-hybridized carbons (Fsp3) is 0.0714. The van der Waals surface area contributed by atoms with Gasteiger partial charge in [0.15, 0.2) is 0 Å². The molecule has 8 heteroatoms. The second-order valence-electron chi connectivity index (χ2n) is 4.47. The molecule has 7 nitrogen and oxygen atoms in total. The summed E-state index contributed by atoms with van der Waals surface area (Å²) in [7, 11) is -3.15. The van der Waals surface area contributed by atoms with Crippen LogP contribution in [0, 0.1) is 0 Å². The number of methoxy groups -OCH3 is 1. The van der Waals surface area contributed by atoms with Gasteiger partial charge in [-0.3, -0.25) is 4.55 Å². The highest BCUT2D eigenvalue weighted by Gasteiger charge is 2.12. The molecular weight excluding hydrogens is 312 g/mol. The average Bonchev–Trinajstić information content (AvgIpc) is 2.45. The molecule has 3 rings (SSSR count). The van der Waals surface area contributed by atoms with E-state index in [-0.39, 0.29) is 11.3 Å². The van der Waals surface area contributed by atoms with E-state index in [1.165, 1.54) is 25.3 Å². The third-order valence-electron chi connectivity index (χ3n) is 3.09. The summed E-state index contributed by atoms with van der Waals surface area (Å²) in [5.74, 6) is 0.358. The molecule has 0 atom stereocenters. The lowest BCUT2D eigenvalue weighted by molar-refractivity contribution is 0.386. The van der Waals surface area contributed by atoms with Gasteiger partial charge in [0.2, 0.25) is 0 Å². The molecule has 0 saturated heterocycles. The number of fused-ring (bicyclic) bond motifs is 3. The van der Waals surface area contributed by atoms with E-state index < -0.39 is 16.0 Å². The van der Waals surface area contributed by atoms with Gasteiger partial charge >= 0.3 is 16.0 Å². The lowest BCUT2D eigenvalue weighted by Crippen LogP contribution is -2.06. The minimum Gasteiger partial charge on any atom is -0.497 e. The standard InChI is InChI=1S/C14H10O7S/c1-19-8-2-4-10-11-5-3-9(21-22(16,17)18)7-13(11)20-14(15)12(10)6-8/h2-7H,1H3,(H,16,17,18). The van der Waals surface area contributed by atoms with Crippen LogP contribution in [0.5, 0.6) is 11.5 Å². The molecule has 0 saturated carbocycles.